The molecule has 1 aliphatic carbocycles. The molecule has 26 heavy (non-hydrogen) atoms. The molecule has 1 aromatic heterocycles. The summed E-state index contributed by atoms with van der Waals surface area (Å²) in [6.07, 6.45) is 5.19. The van der Waals surface area contributed by atoms with Crippen molar-refractivity contribution in [3.05, 3.63) is 71.3 Å². The monoisotopic (exact) mass is 364 g/mol. The number of anilines is 1. The molecule has 128 valence electrons. The minimum absolute atomic E-state index is 0.148. The number of oxazole rings is 1. The van der Waals surface area contributed by atoms with Gasteiger partial charge < -0.3 is 9.73 Å². The Morgan fingerprint density at radius 2 is 1.96 bits per heavy atom. The lowest BCUT2D eigenvalue weighted by Crippen LogP contribution is -2.21. The number of hydrogen-bond acceptors (Lipinski definition) is 4. The van der Waals surface area contributed by atoms with Crippen molar-refractivity contribution in [2.75, 3.05) is 5.32 Å². The molecule has 1 amide bonds. The summed E-state index contributed by atoms with van der Waals surface area (Å²) in [6, 6.07) is 12.3. The molecule has 1 N–H and O–H groups in total. The minimum Gasteiger partial charge on any atom is -0.436 e. The Morgan fingerprint density at radius 1 is 1.15 bits per heavy atom. The van der Waals surface area contributed by atoms with E-state index in [1.54, 1.807) is 42.5 Å². The summed E-state index contributed by atoms with van der Waals surface area (Å²) < 4.78 is 5.75. The number of aromatic nitrogens is 1. The third kappa shape index (κ3) is 3.17. The number of fused-ring (bicyclic) bond motifs is 1. The summed E-state index contributed by atoms with van der Waals surface area (Å²) in [5.74, 6) is -0.159. The average Bonchev–Trinajstić information content (AvgIpc) is 3.06. The summed E-state index contributed by atoms with van der Waals surface area (Å²) in [5, 5.41) is 3.37. The molecular formula is C20H13ClN2O3. The molecule has 1 heterocycles. The summed E-state index contributed by atoms with van der Waals surface area (Å²) in [6.45, 7) is 0. The van der Waals surface area contributed by atoms with E-state index in [0.717, 1.165) is 5.56 Å². The molecule has 0 radical (unpaired) electrons. The van der Waals surface area contributed by atoms with Crippen LogP contribution < -0.4 is 5.32 Å². The molecule has 0 aliphatic heterocycles. The van der Waals surface area contributed by atoms with Crippen LogP contribution in [0.2, 0.25) is 5.02 Å². The van der Waals surface area contributed by atoms with Gasteiger partial charge in [-0.3, -0.25) is 9.59 Å². The van der Waals surface area contributed by atoms with Crippen LogP contribution in [0.3, 0.4) is 0 Å². The molecule has 0 saturated carbocycles. The molecule has 2 aromatic carbocycles. The highest BCUT2D eigenvalue weighted by atomic mass is 35.5. The highest BCUT2D eigenvalue weighted by molar-refractivity contribution is 6.30. The van der Waals surface area contributed by atoms with E-state index in [1.807, 2.05) is 12.1 Å². The van der Waals surface area contributed by atoms with Crippen molar-refractivity contribution in [2.24, 2.45) is 0 Å². The van der Waals surface area contributed by atoms with Crippen molar-refractivity contribution in [3.63, 3.8) is 0 Å². The number of allylic oxidation sites excluding steroid dienone is 3. The SMILES string of the molecule is O=C1CC=CC=C1C(=O)Nc1ccc2oc(-c3ccc(Cl)cc3)nc2c1. The number of nitrogens with zero attached hydrogens (tertiary/aromatic N) is 1. The summed E-state index contributed by atoms with van der Waals surface area (Å²) in [7, 11) is 0. The summed E-state index contributed by atoms with van der Waals surface area (Å²) >= 11 is 5.90. The van der Waals surface area contributed by atoms with Crippen LogP contribution in [0.25, 0.3) is 22.6 Å². The Hall–Kier alpha value is -3.18. The lowest BCUT2D eigenvalue weighted by Gasteiger charge is -2.08. The Kier molecular flexibility index (Phi) is 4.14. The third-order valence-electron chi connectivity index (χ3n) is 3.98. The molecule has 0 saturated heterocycles. The molecule has 4 rings (SSSR count). The fourth-order valence-electron chi connectivity index (χ4n) is 2.66. The molecule has 0 unspecified atom stereocenters. The lowest BCUT2D eigenvalue weighted by atomic mass is 10.0. The second-order valence-electron chi connectivity index (χ2n) is 5.80. The number of hydrogen-bond donors (Lipinski definition) is 1. The molecule has 0 spiro atoms. The number of halogens is 1. The summed E-state index contributed by atoms with van der Waals surface area (Å²) in [4.78, 5) is 28.5. The Morgan fingerprint density at radius 3 is 2.73 bits per heavy atom. The Bertz CT molecular complexity index is 1080. The van der Waals surface area contributed by atoms with E-state index < -0.39 is 5.91 Å². The quantitative estimate of drug-likeness (QED) is 0.692. The maximum absolute atomic E-state index is 12.3. The zero-order chi connectivity index (χ0) is 18.1. The van der Waals surface area contributed by atoms with E-state index >= 15 is 0 Å². The molecule has 0 atom stereocenters. The van der Waals surface area contributed by atoms with Gasteiger partial charge in [0.2, 0.25) is 5.89 Å². The Balaban J connectivity index is 1.60. The summed E-state index contributed by atoms with van der Waals surface area (Å²) in [5.41, 5.74) is 2.71. The van der Waals surface area contributed by atoms with Crippen LogP contribution in [0.5, 0.6) is 0 Å². The zero-order valence-electron chi connectivity index (χ0n) is 13.5. The lowest BCUT2D eigenvalue weighted by molar-refractivity contribution is -0.119. The maximum atomic E-state index is 12.3. The van der Waals surface area contributed by atoms with Crippen molar-refractivity contribution in [1.29, 1.82) is 0 Å². The van der Waals surface area contributed by atoms with Crippen LogP contribution in [0, 0.1) is 0 Å². The smallest absolute Gasteiger partial charge is 0.259 e. The van der Waals surface area contributed by atoms with Crippen molar-refractivity contribution in [1.82, 2.24) is 4.98 Å². The first-order chi connectivity index (χ1) is 12.6. The van der Waals surface area contributed by atoms with Gasteiger partial charge in [0.25, 0.3) is 5.91 Å². The van der Waals surface area contributed by atoms with E-state index in [9.17, 15) is 9.59 Å². The predicted octanol–water partition coefficient (Wildman–Crippen LogP) is 4.54. The van der Waals surface area contributed by atoms with E-state index in [1.165, 1.54) is 6.08 Å². The highest BCUT2D eigenvalue weighted by Crippen LogP contribution is 2.27. The van der Waals surface area contributed by atoms with Gasteiger partial charge in [0.15, 0.2) is 11.4 Å². The number of Topliss-reactive ketones (excluding diaryl/α,β-unsaturated/α-hetero) is 1. The van der Waals surface area contributed by atoms with Crippen molar-refractivity contribution in [2.45, 2.75) is 6.42 Å². The van der Waals surface area contributed by atoms with Crippen LogP contribution in [0.1, 0.15) is 6.42 Å². The molecular weight excluding hydrogens is 352 g/mol. The minimum atomic E-state index is -0.430. The van der Waals surface area contributed by atoms with Crippen LogP contribution >= 0.6 is 11.6 Å². The van der Waals surface area contributed by atoms with Gasteiger partial charge in [0, 0.05) is 22.7 Å². The van der Waals surface area contributed by atoms with Gasteiger partial charge in [-0.05, 0) is 48.5 Å². The first-order valence-electron chi connectivity index (χ1n) is 7.98. The first-order valence-corrected chi connectivity index (χ1v) is 8.36. The number of carbonyl (C=O) groups is 2. The van der Waals surface area contributed by atoms with Gasteiger partial charge in [-0.2, -0.15) is 0 Å². The second-order valence-corrected chi connectivity index (χ2v) is 6.23. The third-order valence-corrected chi connectivity index (χ3v) is 4.24. The maximum Gasteiger partial charge on any atom is 0.259 e. The number of amides is 1. The van der Waals surface area contributed by atoms with Crippen molar-refractivity contribution < 1.29 is 14.0 Å². The van der Waals surface area contributed by atoms with E-state index in [0.29, 0.717) is 27.7 Å². The molecule has 3 aromatic rings. The van der Waals surface area contributed by atoms with Crippen molar-refractivity contribution >= 4 is 40.1 Å². The zero-order valence-corrected chi connectivity index (χ0v) is 14.3. The fraction of sp³-hybridized carbons (Fsp3) is 0.0500. The highest BCUT2D eigenvalue weighted by Gasteiger charge is 2.19. The molecule has 0 fully saturated rings. The molecule has 5 nitrogen and oxygen atoms in total. The van der Waals surface area contributed by atoms with Crippen LogP contribution in [0.4, 0.5) is 5.69 Å². The molecule has 6 heteroatoms. The van der Waals surface area contributed by atoms with Gasteiger partial charge >= 0.3 is 0 Å². The van der Waals surface area contributed by atoms with Gasteiger partial charge in [-0.1, -0.05) is 23.8 Å². The normalized spacial score (nSPS) is 13.7. The first kappa shape index (κ1) is 16.3. The topological polar surface area (TPSA) is 72.2 Å². The van der Waals surface area contributed by atoms with Crippen LogP contribution in [-0.4, -0.2) is 16.7 Å². The van der Waals surface area contributed by atoms with E-state index in [4.69, 9.17) is 16.0 Å². The average molecular weight is 365 g/mol. The van der Waals surface area contributed by atoms with Gasteiger partial charge in [-0.15, -0.1) is 0 Å². The molecule has 1 aliphatic rings. The number of benzene rings is 2. The fourth-order valence-corrected chi connectivity index (χ4v) is 2.79. The van der Waals surface area contributed by atoms with Crippen LogP contribution in [-0.2, 0) is 9.59 Å². The van der Waals surface area contributed by atoms with Crippen molar-refractivity contribution in [3.8, 4) is 11.5 Å². The van der Waals surface area contributed by atoms with E-state index in [-0.39, 0.29) is 17.8 Å². The number of carbonyl (C=O) groups excluding carboxylic acids is 2. The second kappa shape index (κ2) is 6.61. The predicted molar refractivity (Wildman–Crippen MR) is 99.9 cm³/mol. The van der Waals surface area contributed by atoms with Gasteiger partial charge in [0.1, 0.15) is 5.52 Å². The standard InChI is InChI=1S/C20H13ClN2O3/c21-13-7-5-12(6-8-13)20-23-16-11-14(9-10-18(16)26-20)22-19(25)15-3-1-2-4-17(15)24/h1-3,5-11H,4H2,(H,22,25). The van der Waals surface area contributed by atoms with Crippen LogP contribution in [0.15, 0.2) is 70.7 Å². The number of ketones is 1. The van der Waals surface area contributed by atoms with Gasteiger partial charge in [-0.25, -0.2) is 4.98 Å². The largest absolute Gasteiger partial charge is 0.436 e. The molecule has 0 bridgehead atoms. The van der Waals surface area contributed by atoms with E-state index in [2.05, 4.69) is 10.3 Å². The number of rotatable bonds is 3. The Labute approximate surface area is 154 Å². The van der Waals surface area contributed by atoms with Gasteiger partial charge in [0.05, 0.1) is 5.57 Å². The number of nitrogens with one attached hydrogen (secondary N) is 1.